The molecule has 1 aromatic heterocycles. The van der Waals surface area contributed by atoms with Gasteiger partial charge < -0.3 is 10.4 Å². The highest BCUT2D eigenvalue weighted by Gasteiger charge is 2.41. The van der Waals surface area contributed by atoms with Gasteiger partial charge in [-0.1, -0.05) is 0 Å². The molecule has 6 heteroatoms. The summed E-state index contributed by atoms with van der Waals surface area (Å²) in [4.78, 5) is 14.5. The van der Waals surface area contributed by atoms with Crippen molar-refractivity contribution in [1.29, 1.82) is 0 Å². The smallest absolute Gasteiger partial charge is 0.404 e. The summed E-state index contributed by atoms with van der Waals surface area (Å²) in [6.45, 7) is 0. The predicted octanol–water partition coefficient (Wildman–Crippen LogP) is 2.03. The van der Waals surface area contributed by atoms with Crippen LogP contribution in [0, 0.1) is 0 Å². The van der Waals surface area contributed by atoms with Gasteiger partial charge in [0.25, 0.3) is 0 Å². The van der Waals surface area contributed by atoms with Gasteiger partial charge in [-0.2, -0.15) is 0 Å². The van der Waals surface area contributed by atoms with E-state index in [1.165, 1.54) is 11.3 Å². The van der Waals surface area contributed by atoms with Gasteiger partial charge in [-0.25, -0.2) is 9.78 Å². The molecule has 2 atom stereocenters. The lowest BCUT2D eigenvalue weighted by molar-refractivity contribution is 0.193. The summed E-state index contributed by atoms with van der Waals surface area (Å²) >= 11 is 4.79. The Hall–Kier alpha value is -0.620. The molecule has 0 spiro atoms. The summed E-state index contributed by atoms with van der Waals surface area (Å²) < 4.78 is 0.850. The number of thiazole rings is 1. The summed E-state index contributed by atoms with van der Waals surface area (Å²) in [5.74, 6) is 0.277. The van der Waals surface area contributed by atoms with Crippen LogP contribution in [-0.2, 0) is 0 Å². The Balaban J connectivity index is 1.96. The first-order valence-electron chi connectivity index (χ1n) is 3.77. The number of hydrogen-bond donors (Lipinski definition) is 2. The van der Waals surface area contributed by atoms with E-state index in [2.05, 4.69) is 26.2 Å². The number of hydrogen-bond acceptors (Lipinski definition) is 3. The van der Waals surface area contributed by atoms with Crippen LogP contribution < -0.4 is 5.32 Å². The fourth-order valence-electron chi connectivity index (χ4n) is 1.27. The molecule has 4 nitrogen and oxygen atoms in total. The predicted molar refractivity (Wildman–Crippen MR) is 52.1 cm³/mol. The van der Waals surface area contributed by atoms with Crippen LogP contribution in [0.2, 0.25) is 0 Å². The van der Waals surface area contributed by atoms with Gasteiger partial charge in [-0.3, -0.25) is 0 Å². The Kier molecular flexibility index (Phi) is 2.25. The third kappa shape index (κ3) is 2.00. The van der Waals surface area contributed by atoms with Gasteiger partial charge >= 0.3 is 6.09 Å². The number of amides is 1. The number of rotatable bonds is 2. The highest BCUT2D eigenvalue weighted by atomic mass is 79.9. The molecular weight excluding hydrogens is 256 g/mol. The molecule has 2 unspecified atom stereocenters. The zero-order chi connectivity index (χ0) is 9.42. The molecule has 0 bridgehead atoms. The monoisotopic (exact) mass is 262 g/mol. The van der Waals surface area contributed by atoms with E-state index in [1.807, 2.05) is 5.38 Å². The second-order valence-electron chi connectivity index (χ2n) is 2.92. The first-order valence-corrected chi connectivity index (χ1v) is 5.44. The van der Waals surface area contributed by atoms with Gasteiger partial charge in [-0.15, -0.1) is 11.3 Å². The average Bonchev–Trinajstić information content (AvgIpc) is 2.63. The molecule has 1 aromatic rings. The number of aromatic nitrogens is 1. The van der Waals surface area contributed by atoms with E-state index in [4.69, 9.17) is 5.11 Å². The quantitative estimate of drug-likeness (QED) is 0.858. The zero-order valence-electron chi connectivity index (χ0n) is 6.53. The summed E-state index contributed by atoms with van der Waals surface area (Å²) in [6.07, 6.45) is -0.0931. The summed E-state index contributed by atoms with van der Waals surface area (Å²) in [6, 6.07) is 0.0616. The van der Waals surface area contributed by atoms with Crippen molar-refractivity contribution in [2.45, 2.75) is 18.4 Å². The summed E-state index contributed by atoms with van der Waals surface area (Å²) in [7, 11) is 0. The number of nitrogens with zero attached hydrogens (tertiary/aromatic N) is 1. The number of carboxylic acid groups (broad SMARTS) is 1. The summed E-state index contributed by atoms with van der Waals surface area (Å²) in [5.41, 5.74) is 0.982. The van der Waals surface area contributed by atoms with Crippen LogP contribution in [0.25, 0.3) is 0 Å². The average molecular weight is 263 g/mol. The number of nitrogens with one attached hydrogen (secondary N) is 1. The maximum absolute atomic E-state index is 10.3. The highest BCUT2D eigenvalue weighted by molar-refractivity contribution is 9.11. The molecule has 0 aromatic carbocycles. The van der Waals surface area contributed by atoms with Crippen molar-refractivity contribution < 1.29 is 9.90 Å². The molecule has 0 saturated heterocycles. The van der Waals surface area contributed by atoms with Crippen molar-refractivity contribution in [2.75, 3.05) is 0 Å². The third-order valence-electron chi connectivity index (χ3n) is 1.97. The maximum atomic E-state index is 10.3. The maximum Gasteiger partial charge on any atom is 0.404 e. The van der Waals surface area contributed by atoms with E-state index < -0.39 is 6.09 Å². The lowest BCUT2D eigenvalue weighted by Gasteiger charge is -1.95. The molecule has 1 heterocycles. The topological polar surface area (TPSA) is 62.2 Å². The number of carbonyl (C=O) groups is 1. The molecular formula is C7H7BrN2O2S. The Bertz CT molecular complexity index is 341. The Morgan fingerprint density at radius 3 is 3.15 bits per heavy atom. The Morgan fingerprint density at radius 2 is 2.62 bits per heavy atom. The fraction of sp³-hybridized carbons (Fsp3) is 0.429. The third-order valence-corrected chi connectivity index (χ3v) is 3.36. The van der Waals surface area contributed by atoms with E-state index in [-0.39, 0.29) is 12.0 Å². The van der Waals surface area contributed by atoms with Crippen LogP contribution in [0.4, 0.5) is 4.79 Å². The Morgan fingerprint density at radius 1 is 1.85 bits per heavy atom. The van der Waals surface area contributed by atoms with E-state index in [0.717, 1.165) is 16.0 Å². The minimum atomic E-state index is -0.957. The van der Waals surface area contributed by atoms with Gasteiger partial charge in [0.05, 0.1) is 5.69 Å². The van der Waals surface area contributed by atoms with Crippen LogP contribution in [0.3, 0.4) is 0 Å². The normalized spacial score (nSPS) is 25.6. The second kappa shape index (κ2) is 3.26. The van der Waals surface area contributed by atoms with Crippen LogP contribution in [-0.4, -0.2) is 22.2 Å². The molecule has 1 saturated carbocycles. The molecule has 1 fully saturated rings. The van der Waals surface area contributed by atoms with Gasteiger partial charge in [0.1, 0.15) is 0 Å². The molecule has 13 heavy (non-hydrogen) atoms. The van der Waals surface area contributed by atoms with Crippen molar-refractivity contribution in [3.8, 4) is 0 Å². The lowest BCUT2D eigenvalue weighted by Crippen LogP contribution is -2.24. The Labute approximate surface area is 87.1 Å². The molecule has 2 N–H and O–H groups in total. The molecule has 0 aliphatic heterocycles. The van der Waals surface area contributed by atoms with Crippen molar-refractivity contribution in [3.05, 3.63) is 15.0 Å². The van der Waals surface area contributed by atoms with Crippen molar-refractivity contribution in [3.63, 3.8) is 0 Å². The van der Waals surface area contributed by atoms with E-state index in [0.29, 0.717) is 0 Å². The van der Waals surface area contributed by atoms with Crippen LogP contribution in [0.5, 0.6) is 0 Å². The van der Waals surface area contributed by atoms with Gasteiger partial charge in [0, 0.05) is 17.3 Å². The second-order valence-corrected chi connectivity index (χ2v) is 5.06. The zero-order valence-corrected chi connectivity index (χ0v) is 8.93. The minimum absolute atomic E-state index is 0.0616. The molecule has 1 aliphatic carbocycles. The van der Waals surface area contributed by atoms with Crippen LogP contribution in [0.1, 0.15) is 18.0 Å². The van der Waals surface area contributed by atoms with Gasteiger partial charge in [-0.05, 0) is 22.4 Å². The molecule has 0 radical (unpaired) electrons. The van der Waals surface area contributed by atoms with Gasteiger partial charge in [0.2, 0.25) is 0 Å². The van der Waals surface area contributed by atoms with Crippen LogP contribution >= 0.6 is 27.3 Å². The molecule has 70 valence electrons. The fourth-order valence-corrected chi connectivity index (χ4v) is 2.36. The first kappa shape index (κ1) is 8.96. The van der Waals surface area contributed by atoms with Gasteiger partial charge in [0.15, 0.2) is 3.92 Å². The first-order chi connectivity index (χ1) is 6.16. The largest absolute Gasteiger partial charge is 0.465 e. The van der Waals surface area contributed by atoms with Crippen LogP contribution in [0.15, 0.2) is 9.30 Å². The van der Waals surface area contributed by atoms with Crippen molar-refractivity contribution in [1.82, 2.24) is 10.3 Å². The summed E-state index contributed by atoms with van der Waals surface area (Å²) in [5, 5.41) is 12.9. The number of halogens is 1. The molecule has 1 aliphatic rings. The highest BCUT2D eigenvalue weighted by Crippen LogP contribution is 2.41. The van der Waals surface area contributed by atoms with Crippen molar-refractivity contribution >= 4 is 33.4 Å². The molecule has 2 rings (SSSR count). The minimum Gasteiger partial charge on any atom is -0.465 e. The lowest BCUT2D eigenvalue weighted by atomic mass is 10.3. The van der Waals surface area contributed by atoms with E-state index >= 15 is 0 Å². The van der Waals surface area contributed by atoms with Crippen molar-refractivity contribution in [2.24, 2.45) is 0 Å². The standard InChI is InChI=1S/C7H7BrN2O2S/c8-6-9-5(2-13-6)3-1-4(3)10-7(11)12/h2-4,10H,1H2,(H,11,12). The SMILES string of the molecule is O=C(O)NC1CC1c1csc(Br)n1. The van der Waals surface area contributed by atoms with E-state index in [1.54, 1.807) is 0 Å². The molecule has 1 amide bonds. The van der Waals surface area contributed by atoms with E-state index in [9.17, 15) is 4.79 Å².